The van der Waals surface area contributed by atoms with Crippen LogP contribution in [0.3, 0.4) is 0 Å². The average molecular weight is 288 g/mol. The van der Waals surface area contributed by atoms with Gasteiger partial charge in [-0.1, -0.05) is 6.07 Å². The van der Waals surface area contributed by atoms with Crippen molar-refractivity contribution in [3.63, 3.8) is 0 Å². The molecule has 0 aromatic heterocycles. The number of fused-ring (bicyclic) bond motifs is 1. The first kappa shape index (κ1) is 14.6. The highest BCUT2D eigenvalue weighted by atomic mass is 19.4. The second-order valence-corrected chi connectivity index (χ2v) is 4.61. The lowest BCUT2D eigenvalue weighted by Crippen LogP contribution is -2.40. The Morgan fingerprint density at radius 3 is 2.80 bits per heavy atom. The summed E-state index contributed by atoms with van der Waals surface area (Å²) in [5.41, 5.74) is 2.02. The number of rotatable bonds is 4. The van der Waals surface area contributed by atoms with Crippen LogP contribution in [0.4, 0.5) is 18.9 Å². The summed E-state index contributed by atoms with van der Waals surface area (Å²) in [4.78, 5) is 12.7. The van der Waals surface area contributed by atoms with Gasteiger partial charge in [0.1, 0.15) is 6.54 Å². The maximum atomic E-state index is 12.4. The Bertz CT molecular complexity index is 503. The van der Waals surface area contributed by atoms with Crippen molar-refractivity contribution in [2.75, 3.05) is 31.6 Å². The normalized spacial score (nSPS) is 13.8. The van der Waals surface area contributed by atoms with Gasteiger partial charge in [-0.25, -0.2) is 0 Å². The number of hydrogen-bond acceptors (Lipinski definition) is 3. The first-order valence-corrected chi connectivity index (χ1v) is 6.24. The third kappa shape index (κ3) is 3.41. The molecule has 1 heterocycles. The number of carbonyl (C=O) groups is 1. The fourth-order valence-electron chi connectivity index (χ4n) is 2.20. The minimum absolute atomic E-state index is 0.191. The van der Waals surface area contributed by atoms with E-state index in [0.29, 0.717) is 4.90 Å². The zero-order valence-corrected chi connectivity index (χ0v) is 10.7. The third-order valence-corrected chi connectivity index (χ3v) is 3.09. The van der Waals surface area contributed by atoms with E-state index in [1.807, 2.05) is 0 Å². The van der Waals surface area contributed by atoms with E-state index in [9.17, 15) is 18.0 Å². The SMILES string of the molecule is O=C(c1ccc2c(c1)NCC2)N(CCO)CC(F)(F)F. The molecule has 0 radical (unpaired) electrons. The summed E-state index contributed by atoms with van der Waals surface area (Å²) in [5, 5.41) is 11.9. The van der Waals surface area contributed by atoms with Crippen LogP contribution in [0.1, 0.15) is 15.9 Å². The number of nitrogens with zero attached hydrogens (tertiary/aromatic N) is 1. The number of benzene rings is 1. The molecule has 1 amide bonds. The molecule has 1 aliphatic rings. The van der Waals surface area contributed by atoms with E-state index in [1.54, 1.807) is 12.1 Å². The smallest absolute Gasteiger partial charge is 0.395 e. The van der Waals surface area contributed by atoms with E-state index in [-0.39, 0.29) is 12.1 Å². The number of aliphatic hydroxyl groups is 1. The maximum Gasteiger partial charge on any atom is 0.406 e. The van der Waals surface area contributed by atoms with E-state index < -0.39 is 25.2 Å². The lowest BCUT2D eigenvalue weighted by molar-refractivity contribution is -0.141. The Morgan fingerprint density at radius 2 is 2.15 bits per heavy atom. The van der Waals surface area contributed by atoms with Crippen LogP contribution in [-0.2, 0) is 6.42 Å². The summed E-state index contributed by atoms with van der Waals surface area (Å²) in [5.74, 6) is -0.729. The fourth-order valence-corrected chi connectivity index (χ4v) is 2.20. The zero-order valence-electron chi connectivity index (χ0n) is 10.7. The summed E-state index contributed by atoms with van der Waals surface area (Å²) in [6.45, 7) is -1.46. The first-order valence-electron chi connectivity index (χ1n) is 6.24. The standard InChI is InChI=1S/C13H15F3N2O2/c14-13(15,16)8-18(5-6-19)12(20)10-2-1-9-3-4-17-11(9)7-10/h1-2,7,17,19H,3-6,8H2. The highest BCUT2D eigenvalue weighted by Gasteiger charge is 2.33. The number of alkyl halides is 3. The molecule has 2 rings (SSSR count). The van der Waals surface area contributed by atoms with Crippen molar-refractivity contribution in [2.24, 2.45) is 0 Å². The molecule has 7 heteroatoms. The number of carbonyl (C=O) groups excluding carboxylic acids is 1. The van der Waals surface area contributed by atoms with E-state index in [2.05, 4.69) is 5.32 Å². The van der Waals surface area contributed by atoms with Crippen molar-refractivity contribution in [3.05, 3.63) is 29.3 Å². The summed E-state index contributed by atoms with van der Waals surface area (Å²) in [7, 11) is 0. The second kappa shape index (κ2) is 5.70. The molecule has 0 aliphatic carbocycles. The Morgan fingerprint density at radius 1 is 1.40 bits per heavy atom. The van der Waals surface area contributed by atoms with Crippen LogP contribution in [0.15, 0.2) is 18.2 Å². The summed E-state index contributed by atoms with van der Waals surface area (Å²) >= 11 is 0. The monoisotopic (exact) mass is 288 g/mol. The Labute approximate surface area is 114 Å². The minimum Gasteiger partial charge on any atom is -0.395 e. The van der Waals surface area contributed by atoms with Gasteiger partial charge in [0.05, 0.1) is 6.61 Å². The van der Waals surface area contributed by atoms with Crippen LogP contribution in [0.5, 0.6) is 0 Å². The number of nitrogens with one attached hydrogen (secondary N) is 1. The zero-order chi connectivity index (χ0) is 14.8. The molecule has 1 aliphatic heterocycles. The molecule has 20 heavy (non-hydrogen) atoms. The van der Waals surface area contributed by atoms with Gasteiger partial charge in [-0.3, -0.25) is 4.79 Å². The van der Waals surface area contributed by atoms with Crippen LogP contribution in [0, 0.1) is 0 Å². The summed E-state index contributed by atoms with van der Waals surface area (Å²) < 4.78 is 37.3. The van der Waals surface area contributed by atoms with Crippen molar-refractivity contribution < 1.29 is 23.1 Å². The van der Waals surface area contributed by atoms with Crippen LogP contribution >= 0.6 is 0 Å². The van der Waals surface area contributed by atoms with Crippen LogP contribution in [-0.4, -0.2) is 48.3 Å². The topological polar surface area (TPSA) is 52.6 Å². The number of aliphatic hydroxyl groups excluding tert-OH is 1. The lowest BCUT2D eigenvalue weighted by Gasteiger charge is -2.23. The first-order chi connectivity index (χ1) is 9.40. The predicted octanol–water partition coefficient (Wildman–Crippen LogP) is 1.65. The van der Waals surface area contributed by atoms with Gasteiger partial charge in [0.2, 0.25) is 0 Å². The number of amides is 1. The van der Waals surface area contributed by atoms with Crippen LogP contribution in [0.25, 0.3) is 0 Å². The van der Waals surface area contributed by atoms with Crippen molar-refractivity contribution in [2.45, 2.75) is 12.6 Å². The highest BCUT2D eigenvalue weighted by Crippen LogP contribution is 2.24. The van der Waals surface area contributed by atoms with Gasteiger partial charge >= 0.3 is 6.18 Å². The van der Waals surface area contributed by atoms with Gasteiger partial charge in [-0.15, -0.1) is 0 Å². The number of halogens is 3. The summed E-state index contributed by atoms with van der Waals surface area (Å²) in [6.07, 6.45) is -3.65. The van der Waals surface area contributed by atoms with E-state index in [4.69, 9.17) is 5.11 Å². The number of hydrogen-bond donors (Lipinski definition) is 2. The van der Waals surface area contributed by atoms with Gasteiger partial charge in [0.15, 0.2) is 0 Å². The molecule has 1 aromatic carbocycles. The van der Waals surface area contributed by atoms with Gasteiger partial charge in [0, 0.05) is 24.3 Å². The average Bonchev–Trinajstić information content (AvgIpc) is 2.83. The van der Waals surface area contributed by atoms with Gasteiger partial charge in [-0.2, -0.15) is 13.2 Å². The quantitative estimate of drug-likeness (QED) is 0.886. The molecule has 0 saturated heterocycles. The molecular weight excluding hydrogens is 273 g/mol. The lowest BCUT2D eigenvalue weighted by atomic mass is 10.1. The van der Waals surface area contributed by atoms with Crippen molar-refractivity contribution in [3.8, 4) is 0 Å². The Kier molecular flexibility index (Phi) is 4.17. The third-order valence-electron chi connectivity index (χ3n) is 3.09. The van der Waals surface area contributed by atoms with Gasteiger partial charge in [-0.05, 0) is 24.1 Å². The molecule has 0 fully saturated rings. The Balaban J connectivity index is 2.18. The molecule has 1 aromatic rings. The minimum atomic E-state index is -4.49. The summed E-state index contributed by atoms with van der Waals surface area (Å²) in [6, 6.07) is 4.83. The van der Waals surface area contributed by atoms with Crippen molar-refractivity contribution in [1.29, 1.82) is 0 Å². The molecule has 0 saturated carbocycles. The van der Waals surface area contributed by atoms with E-state index in [1.165, 1.54) is 6.07 Å². The van der Waals surface area contributed by atoms with E-state index in [0.717, 1.165) is 24.2 Å². The van der Waals surface area contributed by atoms with Crippen molar-refractivity contribution >= 4 is 11.6 Å². The van der Waals surface area contributed by atoms with Crippen molar-refractivity contribution in [1.82, 2.24) is 4.90 Å². The Hall–Kier alpha value is -1.76. The van der Waals surface area contributed by atoms with E-state index >= 15 is 0 Å². The second-order valence-electron chi connectivity index (χ2n) is 4.61. The molecule has 4 nitrogen and oxygen atoms in total. The maximum absolute atomic E-state index is 12.4. The molecule has 110 valence electrons. The molecule has 0 atom stereocenters. The molecule has 0 bridgehead atoms. The highest BCUT2D eigenvalue weighted by molar-refractivity contribution is 5.95. The molecule has 0 unspecified atom stereocenters. The van der Waals surface area contributed by atoms with Crippen LogP contribution < -0.4 is 5.32 Å². The van der Waals surface area contributed by atoms with Crippen LogP contribution in [0.2, 0.25) is 0 Å². The predicted molar refractivity (Wildman–Crippen MR) is 67.7 cm³/mol. The molecular formula is C13H15F3N2O2. The number of anilines is 1. The molecule has 0 spiro atoms. The van der Waals surface area contributed by atoms with Gasteiger partial charge in [0.25, 0.3) is 5.91 Å². The largest absolute Gasteiger partial charge is 0.406 e. The van der Waals surface area contributed by atoms with Gasteiger partial charge < -0.3 is 15.3 Å². The molecule has 2 N–H and O–H groups in total. The fraction of sp³-hybridized carbons (Fsp3) is 0.462.